The summed E-state index contributed by atoms with van der Waals surface area (Å²) in [6.07, 6.45) is 7.26. The van der Waals surface area contributed by atoms with E-state index in [1.54, 1.807) is 0 Å². The Labute approximate surface area is 91.2 Å². The van der Waals surface area contributed by atoms with Crippen molar-refractivity contribution in [1.82, 2.24) is 0 Å². The van der Waals surface area contributed by atoms with Gasteiger partial charge in [-0.15, -0.1) is 0 Å². The predicted octanol–water partition coefficient (Wildman–Crippen LogP) is 1.44. The van der Waals surface area contributed by atoms with Crippen LogP contribution in [0.1, 0.15) is 0 Å². The van der Waals surface area contributed by atoms with Gasteiger partial charge in [-0.1, -0.05) is 0 Å². The molecule has 2 N–H and O–H groups in total. The summed E-state index contributed by atoms with van der Waals surface area (Å²) in [5.74, 6) is -0.948. The van der Waals surface area contributed by atoms with Crippen molar-refractivity contribution in [2.24, 2.45) is 0 Å². The van der Waals surface area contributed by atoms with Crippen LogP contribution in [0.4, 0.5) is 0 Å². The Morgan fingerprint density at radius 1 is 0.688 bits per heavy atom. The molecule has 80 valence electrons. The predicted molar refractivity (Wildman–Crippen MR) is 56.7 cm³/mol. The van der Waals surface area contributed by atoms with Gasteiger partial charge in [-0.05, 0) is 36.5 Å². The molecule has 4 heteroatoms. The van der Waals surface area contributed by atoms with Crippen molar-refractivity contribution in [3.63, 3.8) is 0 Å². The van der Waals surface area contributed by atoms with Gasteiger partial charge in [-0.3, -0.25) is 9.59 Å². The van der Waals surface area contributed by atoms with Gasteiger partial charge in [0.05, 0.1) is 0 Å². The lowest BCUT2D eigenvalue weighted by atomic mass is 9.94. The lowest BCUT2D eigenvalue weighted by Crippen LogP contribution is -2.11. The zero-order valence-corrected chi connectivity index (χ0v) is 8.18. The minimum Gasteiger partial charge on any atom is -0.508 e. The van der Waals surface area contributed by atoms with E-state index < -0.39 is 0 Å². The van der Waals surface area contributed by atoms with E-state index in [-0.39, 0.29) is 34.2 Å². The van der Waals surface area contributed by atoms with Crippen LogP contribution in [0.25, 0.3) is 0 Å². The average Bonchev–Trinajstić information content (AvgIpc) is 2.25. The summed E-state index contributed by atoms with van der Waals surface area (Å²) in [5, 5.41) is 18.5. The zero-order chi connectivity index (χ0) is 11.7. The van der Waals surface area contributed by atoms with E-state index in [4.69, 9.17) is 0 Å². The van der Waals surface area contributed by atoms with Crippen molar-refractivity contribution in [3.05, 3.63) is 59.1 Å². The fraction of sp³-hybridized carbons (Fsp3) is 0. The highest BCUT2D eigenvalue weighted by molar-refractivity contribution is 6.18. The second kappa shape index (κ2) is 3.66. The van der Waals surface area contributed by atoms with Gasteiger partial charge < -0.3 is 10.2 Å². The van der Waals surface area contributed by atoms with Crippen LogP contribution in [0.2, 0.25) is 0 Å². The first-order valence-electron chi connectivity index (χ1n) is 4.58. The molecule has 0 aromatic carbocycles. The second-order valence-electron chi connectivity index (χ2n) is 3.36. The molecule has 0 saturated carbocycles. The third kappa shape index (κ3) is 1.72. The van der Waals surface area contributed by atoms with Gasteiger partial charge in [-0.2, -0.15) is 0 Å². The quantitative estimate of drug-likeness (QED) is 0.601. The molecule has 0 spiro atoms. The molecule has 0 fully saturated rings. The molecule has 0 atom stereocenters. The molecule has 0 saturated heterocycles. The molecule has 0 aromatic rings. The van der Waals surface area contributed by atoms with E-state index in [2.05, 4.69) is 0 Å². The van der Waals surface area contributed by atoms with Crippen LogP contribution in [0.3, 0.4) is 0 Å². The van der Waals surface area contributed by atoms with Crippen molar-refractivity contribution < 1.29 is 19.8 Å². The Hall–Kier alpha value is -2.36. The molecular formula is C12H8O4. The highest BCUT2D eigenvalue weighted by atomic mass is 16.3. The first-order valence-corrected chi connectivity index (χ1v) is 4.58. The van der Waals surface area contributed by atoms with Gasteiger partial charge in [-0.25, -0.2) is 0 Å². The Kier molecular flexibility index (Phi) is 2.32. The molecule has 0 aliphatic heterocycles. The second-order valence-corrected chi connectivity index (χ2v) is 3.36. The molecule has 0 bridgehead atoms. The largest absolute Gasteiger partial charge is 0.508 e. The maximum atomic E-state index is 11.5. The molecule has 0 heterocycles. The van der Waals surface area contributed by atoms with Crippen LogP contribution in [-0.4, -0.2) is 21.8 Å². The van der Waals surface area contributed by atoms with E-state index in [0.29, 0.717) is 0 Å². The number of hydrogen-bond donors (Lipinski definition) is 2. The van der Waals surface area contributed by atoms with E-state index in [9.17, 15) is 19.8 Å². The van der Waals surface area contributed by atoms with Gasteiger partial charge in [0.15, 0.2) is 11.6 Å². The molecule has 2 rings (SSSR count). The normalized spacial score (nSPS) is 24.5. The Morgan fingerprint density at radius 2 is 1.06 bits per heavy atom. The van der Waals surface area contributed by atoms with Gasteiger partial charge >= 0.3 is 0 Å². The molecular weight excluding hydrogens is 208 g/mol. The van der Waals surface area contributed by atoms with Crippen molar-refractivity contribution >= 4 is 11.6 Å². The minimum absolute atomic E-state index is 0.0842. The average molecular weight is 216 g/mol. The first kappa shape index (κ1) is 10.2. The zero-order valence-electron chi connectivity index (χ0n) is 8.18. The Bertz CT molecular complexity index is 479. The van der Waals surface area contributed by atoms with Gasteiger partial charge in [0.25, 0.3) is 0 Å². The van der Waals surface area contributed by atoms with Crippen LogP contribution in [0.15, 0.2) is 59.1 Å². The monoisotopic (exact) mass is 216 g/mol. The van der Waals surface area contributed by atoms with Gasteiger partial charge in [0.2, 0.25) is 0 Å². The van der Waals surface area contributed by atoms with E-state index in [1.807, 2.05) is 0 Å². The van der Waals surface area contributed by atoms with Crippen LogP contribution >= 0.6 is 0 Å². The summed E-state index contributed by atoms with van der Waals surface area (Å²) < 4.78 is 0. The Morgan fingerprint density at radius 3 is 1.44 bits per heavy atom. The molecule has 16 heavy (non-hydrogen) atoms. The highest BCUT2D eigenvalue weighted by Crippen LogP contribution is 2.21. The molecule has 0 unspecified atom stereocenters. The van der Waals surface area contributed by atoms with E-state index in [1.165, 1.54) is 36.5 Å². The molecule has 0 amide bonds. The number of carbonyl (C=O) groups excluding carboxylic acids is 2. The molecule has 2 aliphatic carbocycles. The maximum Gasteiger partial charge on any atom is 0.186 e. The van der Waals surface area contributed by atoms with E-state index >= 15 is 0 Å². The molecule has 2 aliphatic rings. The Balaban J connectivity index is 2.57. The summed E-state index contributed by atoms with van der Waals surface area (Å²) in [4.78, 5) is 23.0. The SMILES string of the molecule is O=C1C=CC(O)=C/C1=C1/C=C(O)C=CC1=O. The summed E-state index contributed by atoms with van der Waals surface area (Å²) in [5.41, 5.74) is 0.168. The number of rotatable bonds is 0. The van der Waals surface area contributed by atoms with Crippen LogP contribution in [-0.2, 0) is 9.59 Å². The van der Waals surface area contributed by atoms with Gasteiger partial charge in [0.1, 0.15) is 11.5 Å². The molecule has 4 nitrogen and oxygen atoms in total. The number of aliphatic hydroxyl groups excluding tert-OH is 2. The topological polar surface area (TPSA) is 74.6 Å². The first-order chi connectivity index (χ1) is 7.58. The summed E-state index contributed by atoms with van der Waals surface area (Å²) in [6, 6.07) is 0. The number of hydrogen-bond acceptors (Lipinski definition) is 4. The fourth-order valence-electron chi connectivity index (χ4n) is 1.46. The standard InChI is InChI=1S/C12H8O4/c13-7-1-3-11(15)9(5-7)10-6-8(14)2-4-12(10)16/h1-6,13-14H/b10-9+. The lowest BCUT2D eigenvalue weighted by molar-refractivity contribution is -0.113. The van der Waals surface area contributed by atoms with Crippen LogP contribution < -0.4 is 0 Å². The minimum atomic E-state index is -0.375. The number of ketones is 2. The van der Waals surface area contributed by atoms with Gasteiger partial charge in [0, 0.05) is 11.1 Å². The summed E-state index contributed by atoms with van der Waals surface area (Å²) in [7, 11) is 0. The lowest BCUT2D eigenvalue weighted by Gasteiger charge is -2.10. The van der Waals surface area contributed by atoms with E-state index in [0.717, 1.165) is 0 Å². The number of carbonyl (C=O) groups is 2. The van der Waals surface area contributed by atoms with Crippen LogP contribution in [0, 0.1) is 0 Å². The number of allylic oxidation sites excluding steroid dienone is 8. The maximum absolute atomic E-state index is 11.5. The summed E-state index contributed by atoms with van der Waals surface area (Å²) >= 11 is 0. The smallest absolute Gasteiger partial charge is 0.186 e. The fourth-order valence-corrected chi connectivity index (χ4v) is 1.46. The summed E-state index contributed by atoms with van der Waals surface area (Å²) in [6.45, 7) is 0. The van der Waals surface area contributed by atoms with Crippen molar-refractivity contribution in [1.29, 1.82) is 0 Å². The van der Waals surface area contributed by atoms with Crippen LogP contribution in [0.5, 0.6) is 0 Å². The van der Waals surface area contributed by atoms with Crippen molar-refractivity contribution in [2.75, 3.05) is 0 Å². The number of aliphatic hydroxyl groups is 2. The van der Waals surface area contributed by atoms with Crippen molar-refractivity contribution in [3.8, 4) is 0 Å². The third-order valence-electron chi connectivity index (χ3n) is 2.22. The molecule has 0 radical (unpaired) electrons. The third-order valence-corrected chi connectivity index (χ3v) is 2.22. The van der Waals surface area contributed by atoms with Crippen molar-refractivity contribution in [2.45, 2.75) is 0 Å². The molecule has 0 aromatic heterocycles. The highest BCUT2D eigenvalue weighted by Gasteiger charge is 2.20.